The summed E-state index contributed by atoms with van der Waals surface area (Å²) >= 11 is 0. The zero-order valence-corrected chi connectivity index (χ0v) is 6.49. The molecule has 0 aliphatic rings. The zero-order valence-electron chi connectivity index (χ0n) is 6.49. The van der Waals surface area contributed by atoms with Gasteiger partial charge in [0, 0.05) is 11.5 Å². The van der Waals surface area contributed by atoms with Gasteiger partial charge in [0.2, 0.25) is 6.54 Å². The number of aliphatic hydroxyl groups excluding tert-OH is 2. The van der Waals surface area contributed by atoms with Crippen LogP contribution in [0.1, 0.15) is 13.3 Å². The van der Waals surface area contributed by atoms with Gasteiger partial charge in [-0.1, -0.05) is 6.92 Å². The van der Waals surface area contributed by atoms with Crippen LogP contribution in [0.15, 0.2) is 0 Å². The maximum atomic E-state index is 10.1. The van der Waals surface area contributed by atoms with Crippen molar-refractivity contribution in [3.05, 3.63) is 10.1 Å². The van der Waals surface area contributed by atoms with E-state index in [-0.39, 0.29) is 26.2 Å². The van der Waals surface area contributed by atoms with E-state index in [1.165, 1.54) is 0 Å². The maximum Gasteiger partial charge on any atom is 0.211 e. The van der Waals surface area contributed by atoms with Crippen LogP contribution >= 0.6 is 0 Å². The monoisotopic (exact) mass is 163 g/mol. The number of hydrogen-bond donors (Lipinski definition) is 2. The van der Waals surface area contributed by atoms with Crippen molar-refractivity contribution in [3.8, 4) is 0 Å². The first-order valence-corrected chi connectivity index (χ1v) is 3.37. The largest absolute Gasteiger partial charge is 0.396 e. The lowest BCUT2D eigenvalue weighted by molar-refractivity contribution is -0.498. The predicted molar refractivity (Wildman–Crippen MR) is 38.8 cm³/mol. The molecule has 0 aromatic rings. The molecule has 0 amide bonds. The van der Waals surface area contributed by atoms with E-state index in [4.69, 9.17) is 10.2 Å². The van der Waals surface area contributed by atoms with Crippen molar-refractivity contribution >= 4 is 0 Å². The second-order valence-electron chi connectivity index (χ2n) is 2.93. The number of nitro groups is 1. The van der Waals surface area contributed by atoms with E-state index in [1.54, 1.807) is 6.92 Å². The minimum absolute atomic E-state index is 0.134. The Morgan fingerprint density at radius 1 is 1.55 bits per heavy atom. The SMILES string of the molecule is CC(CO)(CCO)C[N+](=O)[O-]. The Balaban J connectivity index is 3.98. The molecular formula is C6H13NO4. The first-order valence-electron chi connectivity index (χ1n) is 3.37. The summed E-state index contributed by atoms with van der Waals surface area (Å²) in [5.41, 5.74) is -0.780. The van der Waals surface area contributed by atoms with Crippen LogP contribution in [0, 0.1) is 15.5 Å². The third-order valence-electron chi connectivity index (χ3n) is 1.61. The molecule has 0 saturated carbocycles. The van der Waals surface area contributed by atoms with Crippen LogP contribution in [-0.2, 0) is 0 Å². The summed E-state index contributed by atoms with van der Waals surface area (Å²) in [5.74, 6) is 0. The van der Waals surface area contributed by atoms with E-state index in [0.717, 1.165) is 0 Å². The number of aliphatic hydroxyl groups is 2. The molecule has 0 bridgehead atoms. The predicted octanol–water partition coefficient (Wildman–Crippen LogP) is -0.356. The topological polar surface area (TPSA) is 83.6 Å². The fraction of sp³-hybridized carbons (Fsp3) is 1.00. The van der Waals surface area contributed by atoms with Crippen molar-refractivity contribution < 1.29 is 15.1 Å². The van der Waals surface area contributed by atoms with E-state index >= 15 is 0 Å². The van der Waals surface area contributed by atoms with Crippen LogP contribution < -0.4 is 0 Å². The van der Waals surface area contributed by atoms with Crippen molar-refractivity contribution in [2.45, 2.75) is 13.3 Å². The van der Waals surface area contributed by atoms with Gasteiger partial charge in [0.25, 0.3) is 0 Å². The van der Waals surface area contributed by atoms with Gasteiger partial charge < -0.3 is 10.2 Å². The van der Waals surface area contributed by atoms with E-state index in [9.17, 15) is 10.1 Å². The second-order valence-corrected chi connectivity index (χ2v) is 2.93. The van der Waals surface area contributed by atoms with Crippen molar-refractivity contribution in [1.29, 1.82) is 0 Å². The van der Waals surface area contributed by atoms with Crippen LogP contribution in [0.5, 0.6) is 0 Å². The molecule has 0 spiro atoms. The first kappa shape index (κ1) is 10.3. The average Bonchev–Trinajstić information content (AvgIpc) is 1.87. The minimum atomic E-state index is -0.780. The van der Waals surface area contributed by atoms with Gasteiger partial charge in [0.1, 0.15) is 0 Å². The molecule has 1 unspecified atom stereocenters. The van der Waals surface area contributed by atoms with E-state index < -0.39 is 10.3 Å². The van der Waals surface area contributed by atoms with Crippen molar-refractivity contribution in [2.24, 2.45) is 5.41 Å². The summed E-state index contributed by atoms with van der Waals surface area (Å²) in [4.78, 5) is 9.58. The maximum absolute atomic E-state index is 10.1. The standard InChI is InChI=1S/C6H13NO4/c1-6(5-9,2-3-8)4-7(10)11/h8-9H,2-5H2,1H3. The summed E-state index contributed by atoms with van der Waals surface area (Å²) < 4.78 is 0. The molecule has 0 aliphatic heterocycles. The first-order chi connectivity index (χ1) is 5.04. The third-order valence-corrected chi connectivity index (χ3v) is 1.61. The smallest absolute Gasteiger partial charge is 0.211 e. The average molecular weight is 163 g/mol. The van der Waals surface area contributed by atoms with Gasteiger partial charge in [-0.2, -0.15) is 0 Å². The van der Waals surface area contributed by atoms with Crippen LogP contribution in [0.4, 0.5) is 0 Å². The van der Waals surface area contributed by atoms with Crippen LogP contribution in [0.2, 0.25) is 0 Å². The van der Waals surface area contributed by atoms with E-state index in [1.807, 2.05) is 0 Å². The number of nitrogens with zero attached hydrogens (tertiary/aromatic N) is 1. The molecule has 0 heterocycles. The molecule has 0 aromatic heterocycles. The van der Waals surface area contributed by atoms with E-state index in [0.29, 0.717) is 0 Å². The molecule has 0 aromatic carbocycles. The van der Waals surface area contributed by atoms with Crippen molar-refractivity contribution in [1.82, 2.24) is 0 Å². The molecule has 0 radical (unpaired) electrons. The lowest BCUT2D eigenvalue weighted by atomic mass is 9.88. The quantitative estimate of drug-likeness (QED) is 0.428. The lowest BCUT2D eigenvalue weighted by Gasteiger charge is -2.20. The van der Waals surface area contributed by atoms with Gasteiger partial charge in [-0.25, -0.2) is 0 Å². The summed E-state index contributed by atoms with van der Waals surface area (Å²) in [5, 5.41) is 27.3. The fourth-order valence-electron chi connectivity index (χ4n) is 0.790. The molecule has 0 saturated heterocycles. The highest BCUT2D eigenvalue weighted by molar-refractivity contribution is 4.71. The second kappa shape index (κ2) is 4.25. The number of rotatable bonds is 5. The Hall–Kier alpha value is -0.680. The summed E-state index contributed by atoms with van der Waals surface area (Å²) in [6, 6.07) is 0. The van der Waals surface area contributed by atoms with Crippen LogP contribution in [-0.4, -0.2) is 34.9 Å². The lowest BCUT2D eigenvalue weighted by Crippen LogP contribution is -2.31. The van der Waals surface area contributed by atoms with Gasteiger partial charge in [0.15, 0.2) is 0 Å². The molecule has 2 N–H and O–H groups in total. The van der Waals surface area contributed by atoms with Gasteiger partial charge in [-0.3, -0.25) is 10.1 Å². The minimum Gasteiger partial charge on any atom is -0.396 e. The molecule has 0 fully saturated rings. The van der Waals surface area contributed by atoms with E-state index in [2.05, 4.69) is 0 Å². The Kier molecular flexibility index (Phi) is 3.99. The highest BCUT2D eigenvalue weighted by atomic mass is 16.6. The van der Waals surface area contributed by atoms with Crippen molar-refractivity contribution in [3.63, 3.8) is 0 Å². The molecule has 11 heavy (non-hydrogen) atoms. The molecule has 0 rings (SSSR count). The fourth-order valence-corrected chi connectivity index (χ4v) is 0.790. The van der Waals surface area contributed by atoms with Crippen LogP contribution in [0.3, 0.4) is 0 Å². The van der Waals surface area contributed by atoms with Crippen molar-refractivity contribution in [2.75, 3.05) is 19.8 Å². The Morgan fingerprint density at radius 2 is 2.09 bits per heavy atom. The zero-order chi connectivity index (χ0) is 8.91. The summed E-state index contributed by atoms with van der Waals surface area (Å²) in [7, 11) is 0. The molecule has 66 valence electrons. The highest BCUT2D eigenvalue weighted by Crippen LogP contribution is 2.19. The number of hydrogen-bond acceptors (Lipinski definition) is 4. The van der Waals surface area contributed by atoms with Gasteiger partial charge >= 0.3 is 0 Å². The van der Waals surface area contributed by atoms with Gasteiger partial charge in [0.05, 0.1) is 12.0 Å². The third kappa shape index (κ3) is 3.90. The summed E-state index contributed by atoms with van der Waals surface area (Å²) in [6.45, 7) is 0.871. The molecule has 0 aliphatic carbocycles. The van der Waals surface area contributed by atoms with Gasteiger partial charge in [-0.05, 0) is 6.42 Å². The Labute approximate surface area is 64.8 Å². The normalized spacial score (nSPS) is 15.9. The Morgan fingerprint density at radius 3 is 2.36 bits per heavy atom. The molecule has 5 nitrogen and oxygen atoms in total. The summed E-state index contributed by atoms with van der Waals surface area (Å²) in [6.07, 6.45) is 0.254. The Bertz CT molecular complexity index is 139. The highest BCUT2D eigenvalue weighted by Gasteiger charge is 2.28. The molecule has 5 heteroatoms. The van der Waals surface area contributed by atoms with Gasteiger partial charge in [-0.15, -0.1) is 0 Å². The molecule has 1 atom stereocenters. The molecular weight excluding hydrogens is 150 g/mol. The van der Waals surface area contributed by atoms with Crippen LogP contribution in [0.25, 0.3) is 0 Å².